The van der Waals surface area contributed by atoms with E-state index in [-0.39, 0.29) is 0 Å². The fourth-order valence-corrected chi connectivity index (χ4v) is 3.58. The number of nitrogens with zero attached hydrogens (tertiary/aromatic N) is 4. The van der Waals surface area contributed by atoms with Crippen molar-refractivity contribution in [1.82, 2.24) is 19.9 Å². The summed E-state index contributed by atoms with van der Waals surface area (Å²) in [6, 6.07) is 14.3. The van der Waals surface area contributed by atoms with Gasteiger partial charge in [0.05, 0.1) is 16.7 Å². The highest BCUT2D eigenvalue weighted by molar-refractivity contribution is 9.10. The highest BCUT2D eigenvalue weighted by atomic mass is 79.9. The Morgan fingerprint density at radius 1 is 1.00 bits per heavy atom. The number of rotatable bonds is 7. The first-order chi connectivity index (χ1) is 13.8. The topological polar surface area (TPSA) is 66.0 Å². The van der Waals surface area contributed by atoms with Gasteiger partial charge in [0.2, 0.25) is 5.95 Å². The Balaban J connectivity index is 1.38. The minimum atomic E-state index is 0.555. The van der Waals surface area contributed by atoms with E-state index in [0.29, 0.717) is 12.5 Å². The molecule has 2 aromatic heterocycles. The molecule has 0 spiro atoms. The van der Waals surface area contributed by atoms with Crippen molar-refractivity contribution < 1.29 is 0 Å². The van der Waals surface area contributed by atoms with E-state index in [2.05, 4.69) is 70.7 Å². The third-order valence-corrected chi connectivity index (χ3v) is 5.30. The van der Waals surface area contributed by atoms with Crippen LogP contribution in [0, 0.1) is 0 Å². The summed E-state index contributed by atoms with van der Waals surface area (Å²) in [5.41, 5.74) is 3.26. The lowest BCUT2D eigenvalue weighted by atomic mass is 10.2. The molecule has 1 aliphatic rings. The molecule has 28 heavy (non-hydrogen) atoms. The molecule has 3 heterocycles. The first-order valence-electron chi connectivity index (χ1n) is 9.51. The summed E-state index contributed by atoms with van der Waals surface area (Å²) in [6.07, 6.45) is 6.17. The lowest BCUT2D eigenvalue weighted by Gasteiger charge is -2.15. The summed E-state index contributed by atoms with van der Waals surface area (Å²) >= 11 is 3.50. The number of halogens is 1. The molecule has 0 atom stereocenters. The lowest BCUT2D eigenvalue weighted by Crippen LogP contribution is -2.18. The molecule has 4 rings (SSSR count). The predicted molar refractivity (Wildman–Crippen MR) is 116 cm³/mol. The number of likely N-dealkylation sites (tertiary alicyclic amines) is 1. The normalized spacial score (nSPS) is 14.2. The SMILES string of the molecule is Brc1cnc(Nc2ccc(CN3CCCC3)cc2)nc1NCc1ccccn1. The van der Waals surface area contributed by atoms with Crippen LogP contribution in [-0.4, -0.2) is 32.9 Å². The van der Waals surface area contributed by atoms with E-state index in [4.69, 9.17) is 0 Å². The van der Waals surface area contributed by atoms with E-state index in [1.54, 1.807) is 12.4 Å². The van der Waals surface area contributed by atoms with Crippen LogP contribution in [0.25, 0.3) is 0 Å². The van der Waals surface area contributed by atoms with Gasteiger partial charge in [-0.05, 0) is 71.7 Å². The molecular formula is C21H23BrN6. The van der Waals surface area contributed by atoms with E-state index in [0.717, 1.165) is 28.2 Å². The Morgan fingerprint density at radius 3 is 2.57 bits per heavy atom. The molecule has 0 aliphatic carbocycles. The summed E-state index contributed by atoms with van der Waals surface area (Å²) in [6.45, 7) is 4.04. The zero-order valence-electron chi connectivity index (χ0n) is 15.6. The molecule has 1 aliphatic heterocycles. The first kappa shape index (κ1) is 18.8. The summed E-state index contributed by atoms with van der Waals surface area (Å²) in [4.78, 5) is 15.8. The van der Waals surface area contributed by atoms with E-state index in [1.165, 1.54) is 31.5 Å². The molecule has 1 aromatic carbocycles. The van der Waals surface area contributed by atoms with Crippen LogP contribution >= 0.6 is 15.9 Å². The zero-order chi connectivity index (χ0) is 19.2. The molecule has 0 saturated carbocycles. The second-order valence-electron chi connectivity index (χ2n) is 6.87. The van der Waals surface area contributed by atoms with Crippen LogP contribution in [0.4, 0.5) is 17.5 Å². The van der Waals surface area contributed by atoms with Gasteiger partial charge in [-0.1, -0.05) is 18.2 Å². The number of nitrogens with one attached hydrogen (secondary N) is 2. The van der Waals surface area contributed by atoms with Crippen molar-refractivity contribution in [2.45, 2.75) is 25.9 Å². The van der Waals surface area contributed by atoms with Crippen molar-refractivity contribution in [2.24, 2.45) is 0 Å². The van der Waals surface area contributed by atoms with Crippen molar-refractivity contribution in [2.75, 3.05) is 23.7 Å². The minimum Gasteiger partial charge on any atom is -0.363 e. The van der Waals surface area contributed by atoms with Crippen molar-refractivity contribution in [1.29, 1.82) is 0 Å². The molecule has 3 aromatic rings. The fraction of sp³-hybridized carbons (Fsp3) is 0.286. The van der Waals surface area contributed by atoms with Crippen molar-refractivity contribution in [3.63, 3.8) is 0 Å². The Labute approximate surface area is 173 Å². The third kappa shape index (κ3) is 5.05. The van der Waals surface area contributed by atoms with Crippen molar-refractivity contribution >= 4 is 33.4 Å². The Morgan fingerprint density at radius 2 is 1.82 bits per heavy atom. The molecule has 0 amide bonds. The van der Waals surface area contributed by atoms with Gasteiger partial charge in [-0.3, -0.25) is 9.88 Å². The molecule has 0 unspecified atom stereocenters. The van der Waals surface area contributed by atoms with Crippen molar-refractivity contribution in [3.05, 3.63) is 70.6 Å². The minimum absolute atomic E-state index is 0.555. The third-order valence-electron chi connectivity index (χ3n) is 4.72. The summed E-state index contributed by atoms with van der Waals surface area (Å²) in [5.74, 6) is 1.29. The van der Waals surface area contributed by atoms with Gasteiger partial charge < -0.3 is 10.6 Å². The Kier molecular flexibility index (Phi) is 6.14. The van der Waals surface area contributed by atoms with Gasteiger partial charge in [0.1, 0.15) is 5.82 Å². The maximum atomic E-state index is 4.57. The molecule has 1 fully saturated rings. The highest BCUT2D eigenvalue weighted by Gasteiger charge is 2.11. The second-order valence-corrected chi connectivity index (χ2v) is 7.72. The lowest BCUT2D eigenvalue weighted by molar-refractivity contribution is 0.331. The Hall–Kier alpha value is -2.51. The van der Waals surface area contributed by atoms with E-state index >= 15 is 0 Å². The van der Waals surface area contributed by atoms with Crippen molar-refractivity contribution in [3.8, 4) is 0 Å². The monoisotopic (exact) mass is 438 g/mol. The quantitative estimate of drug-likeness (QED) is 0.562. The van der Waals surface area contributed by atoms with Gasteiger partial charge in [0.25, 0.3) is 0 Å². The number of hydrogen-bond acceptors (Lipinski definition) is 6. The van der Waals surface area contributed by atoms with Gasteiger partial charge in [0, 0.05) is 24.6 Å². The van der Waals surface area contributed by atoms with Crippen LogP contribution in [0.1, 0.15) is 24.1 Å². The fourth-order valence-electron chi connectivity index (χ4n) is 3.25. The number of pyridine rings is 1. The molecule has 1 saturated heterocycles. The van der Waals surface area contributed by atoms with Gasteiger partial charge in [-0.15, -0.1) is 0 Å². The zero-order valence-corrected chi connectivity index (χ0v) is 17.2. The summed E-state index contributed by atoms with van der Waals surface area (Å²) < 4.78 is 0.815. The molecule has 144 valence electrons. The molecule has 6 nitrogen and oxygen atoms in total. The standard InChI is InChI=1S/C21H23BrN6/c22-19-14-25-21(27-20(19)24-13-18-5-1-2-10-23-18)26-17-8-6-16(7-9-17)15-28-11-3-4-12-28/h1-2,5-10,14H,3-4,11-13,15H2,(H2,24,25,26,27). The predicted octanol–water partition coefficient (Wildman–Crippen LogP) is 4.59. The highest BCUT2D eigenvalue weighted by Crippen LogP contribution is 2.23. The first-order valence-corrected chi connectivity index (χ1v) is 10.3. The smallest absolute Gasteiger partial charge is 0.229 e. The van der Waals surface area contributed by atoms with Crippen LogP contribution in [-0.2, 0) is 13.1 Å². The molecule has 7 heteroatoms. The summed E-state index contributed by atoms with van der Waals surface area (Å²) in [5, 5.41) is 6.58. The van der Waals surface area contributed by atoms with E-state index < -0.39 is 0 Å². The second kappa shape index (κ2) is 9.12. The van der Waals surface area contributed by atoms with E-state index in [9.17, 15) is 0 Å². The van der Waals surface area contributed by atoms with Gasteiger partial charge in [0.15, 0.2) is 0 Å². The molecule has 0 radical (unpaired) electrons. The van der Waals surface area contributed by atoms with E-state index in [1.807, 2.05) is 18.2 Å². The van der Waals surface area contributed by atoms with Crippen LogP contribution in [0.15, 0.2) is 59.3 Å². The van der Waals surface area contributed by atoms with Crippen LogP contribution in [0.2, 0.25) is 0 Å². The number of benzene rings is 1. The maximum Gasteiger partial charge on any atom is 0.229 e. The number of anilines is 3. The number of hydrogen-bond donors (Lipinski definition) is 2. The molecule has 0 bridgehead atoms. The van der Waals surface area contributed by atoms with Crippen LogP contribution in [0.5, 0.6) is 0 Å². The van der Waals surface area contributed by atoms with Gasteiger partial charge in [-0.25, -0.2) is 4.98 Å². The Bertz CT molecular complexity index is 895. The largest absolute Gasteiger partial charge is 0.363 e. The molecular weight excluding hydrogens is 416 g/mol. The molecule has 2 N–H and O–H groups in total. The van der Waals surface area contributed by atoms with Crippen LogP contribution in [0.3, 0.4) is 0 Å². The maximum absolute atomic E-state index is 4.57. The van der Waals surface area contributed by atoms with Gasteiger partial charge in [-0.2, -0.15) is 4.98 Å². The average Bonchev–Trinajstić information content (AvgIpc) is 3.24. The summed E-state index contributed by atoms with van der Waals surface area (Å²) in [7, 11) is 0. The average molecular weight is 439 g/mol. The van der Waals surface area contributed by atoms with Gasteiger partial charge >= 0.3 is 0 Å². The van der Waals surface area contributed by atoms with Crippen LogP contribution < -0.4 is 10.6 Å². The number of aromatic nitrogens is 3.